The van der Waals surface area contributed by atoms with Gasteiger partial charge in [-0.15, -0.1) is 0 Å². The van der Waals surface area contributed by atoms with E-state index in [0.29, 0.717) is 13.2 Å². The van der Waals surface area contributed by atoms with Crippen molar-refractivity contribution in [2.24, 2.45) is 11.7 Å². The van der Waals surface area contributed by atoms with Crippen LogP contribution in [0, 0.1) is 5.92 Å². The number of hydrogen-bond acceptors (Lipinski definition) is 3. The molecule has 0 bridgehead atoms. The van der Waals surface area contributed by atoms with E-state index in [9.17, 15) is 0 Å². The third kappa shape index (κ3) is 3.41. The fraction of sp³-hybridized carbons (Fsp3) is 0.812. The minimum absolute atomic E-state index is 0.109. The van der Waals surface area contributed by atoms with E-state index in [1.807, 2.05) is 0 Å². The largest absolute Gasteiger partial charge is 0.367 e. The quantitative estimate of drug-likeness (QED) is 0.871. The SMILES string of the molecule is CCc1cc(COC2(CN)CCC(C)CC2)n(CC)n1. The van der Waals surface area contributed by atoms with Crippen molar-refractivity contribution in [2.75, 3.05) is 6.54 Å². The molecule has 2 N–H and O–H groups in total. The van der Waals surface area contributed by atoms with Gasteiger partial charge in [-0.2, -0.15) is 5.10 Å². The van der Waals surface area contributed by atoms with Crippen LogP contribution in [-0.2, 0) is 24.3 Å². The molecule has 1 aliphatic carbocycles. The van der Waals surface area contributed by atoms with Gasteiger partial charge in [0.05, 0.1) is 23.6 Å². The van der Waals surface area contributed by atoms with E-state index in [-0.39, 0.29) is 5.60 Å². The van der Waals surface area contributed by atoms with Crippen LogP contribution in [0.1, 0.15) is 57.8 Å². The second-order valence-electron chi connectivity index (χ2n) is 6.15. The third-order valence-electron chi connectivity index (χ3n) is 4.66. The summed E-state index contributed by atoms with van der Waals surface area (Å²) in [6, 6.07) is 2.17. The van der Waals surface area contributed by atoms with E-state index >= 15 is 0 Å². The molecule has 0 spiro atoms. The number of ether oxygens (including phenoxy) is 1. The smallest absolute Gasteiger partial charge is 0.0893 e. The highest BCUT2D eigenvalue weighted by Crippen LogP contribution is 2.34. The Bertz CT molecular complexity index is 419. The first-order chi connectivity index (χ1) is 9.62. The van der Waals surface area contributed by atoms with Crippen molar-refractivity contribution >= 4 is 0 Å². The fourth-order valence-corrected chi connectivity index (χ4v) is 3.00. The van der Waals surface area contributed by atoms with Crippen molar-refractivity contribution in [3.05, 3.63) is 17.5 Å². The molecule has 4 heteroatoms. The van der Waals surface area contributed by atoms with Gasteiger partial charge in [0.25, 0.3) is 0 Å². The van der Waals surface area contributed by atoms with Crippen molar-refractivity contribution in [1.82, 2.24) is 9.78 Å². The van der Waals surface area contributed by atoms with E-state index in [1.165, 1.54) is 18.5 Å². The van der Waals surface area contributed by atoms with E-state index in [2.05, 4.69) is 36.6 Å². The van der Waals surface area contributed by atoms with Gasteiger partial charge in [-0.1, -0.05) is 13.8 Å². The molecule has 0 aliphatic heterocycles. The maximum Gasteiger partial charge on any atom is 0.0893 e. The summed E-state index contributed by atoms with van der Waals surface area (Å²) in [4.78, 5) is 0. The summed E-state index contributed by atoms with van der Waals surface area (Å²) in [5.41, 5.74) is 8.21. The molecule has 20 heavy (non-hydrogen) atoms. The third-order valence-corrected chi connectivity index (χ3v) is 4.66. The highest BCUT2D eigenvalue weighted by Gasteiger charge is 2.34. The number of aryl methyl sites for hydroxylation is 2. The molecule has 0 amide bonds. The zero-order valence-electron chi connectivity index (χ0n) is 13.2. The number of nitrogens with two attached hydrogens (primary N) is 1. The van der Waals surface area contributed by atoms with Gasteiger partial charge in [0.2, 0.25) is 0 Å². The molecule has 1 aromatic rings. The van der Waals surface area contributed by atoms with E-state index in [1.54, 1.807) is 0 Å². The van der Waals surface area contributed by atoms with Gasteiger partial charge in [0.1, 0.15) is 0 Å². The summed E-state index contributed by atoms with van der Waals surface area (Å²) in [7, 11) is 0. The van der Waals surface area contributed by atoms with Gasteiger partial charge < -0.3 is 10.5 Å². The lowest BCUT2D eigenvalue weighted by atomic mass is 9.79. The zero-order valence-corrected chi connectivity index (χ0v) is 13.2. The average Bonchev–Trinajstić information content (AvgIpc) is 2.90. The fourth-order valence-electron chi connectivity index (χ4n) is 3.00. The van der Waals surface area contributed by atoms with Crippen LogP contribution in [0.15, 0.2) is 6.07 Å². The number of aromatic nitrogens is 2. The Morgan fingerprint density at radius 3 is 2.65 bits per heavy atom. The molecule has 0 unspecified atom stereocenters. The van der Waals surface area contributed by atoms with Gasteiger partial charge in [-0.3, -0.25) is 4.68 Å². The second kappa shape index (κ2) is 6.72. The Hall–Kier alpha value is -0.870. The van der Waals surface area contributed by atoms with Crippen molar-refractivity contribution in [2.45, 2.75) is 71.6 Å². The normalized spacial score (nSPS) is 26.9. The van der Waals surface area contributed by atoms with Gasteiger partial charge >= 0.3 is 0 Å². The first-order valence-corrected chi connectivity index (χ1v) is 8.02. The Labute approximate surface area is 122 Å². The Morgan fingerprint density at radius 2 is 2.10 bits per heavy atom. The summed E-state index contributed by atoms with van der Waals surface area (Å²) < 4.78 is 8.32. The van der Waals surface area contributed by atoms with E-state index < -0.39 is 0 Å². The molecule has 1 fully saturated rings. The number of hydrogen-bond donors (Lipinski definition) is 1. The lowest BCUT2D eigenvalue weighted by molar-refractivity contribution is -0.0819. The first-order valence-electron chi connectivity index (χ1n) is 8.02. The molecule has 2 rings (SSSR count). The molecule has 1 aromatic heterocycles. The van der Waals surface area contributed by atoms with E-state index in [4.69, 9.17) is 10.5 Å². The number of rotatable bonds is 6. The van der Waals surface area contributed by atoms with Crippen molar-refractivity contribution in [3.63, 3.8) is 0 Å². The molecule has 0 atom stereocenters. The monoisotopic (exact) mass is 279 g/mol. The minimum Gasteiger partial charge on any atom is -0.367 e. The summed E-state index contributed by atoms with van der Waals surface area (Å²) in [6.45, 7) is 8.73. The lowest BCUT2D eigenvalue weighted by Crippen LogP contribution is -2.43. The van der Waals surface area contributed by atoms with Crippen LogP contribution in [-0.4, -0.2) is 21.9 Å². The molecule has 0 aromatic carbocycles. The van der Waals surface area contributed by atoms with Crippen LogP contribution in [0.2, 0.25) is 0 Å². The Kier molecular flexibility index (Phi) is 5.22. The van der Waals surface area contributed by atoms with Crippen LogP contribution in [0.4, 0.5) is 0 Å². The van der Waals surface area contributed by atoms with Gasteiger partial charge in [0.15, 0.2) is 0 Å². The predicted molar refractivity (Wildman–Crippen MR) is 81.5 cm³/mol. The molecular formula is C16H29N3O. The summed E-state index contributed by atoms with van der Waals surface area (Å²) in [5.74, 6) is 0.811. The van der Waals surface area contributed by atoms with Crippen molar-refractivity contribution in [1.29, 1.82) is 0 Å². The van der Waals surface area contributed by atoms with Gasteiger partial charge in [-0.25, -0.2) is 0 Å². The summed E-state index contributed by atoms with van der Waals surface area (Å²) >= 11 is 0. The van der Waals surface area contributed by atoms with Gasteiger partial charge in [0, 0.05) is 13.1 Å². The maximum absolute atomic E-state index is 6.27. The van der Waals surface area contributed by atoms with E-state index in [0.717, 1.165) is 37.4 Å². The molecule has 1 heterocycles. The highest BCUT2D eigenvalue weighted by atomic mass is 16.5. The molecule has 1 aliphatic rings. The lowest BCUT2D eigenvalue weighted by Gasteiger charge is -2.38. The average molecular weight is 279 g/mol. The Balaban J connectivity index is 2.01. The van der Waals surface area contributed by atoms with Crippen LogP contribution < -0.4 is 5.73 Å². The standard InChI is InChI=1S/C16H29N3O/c1-4-14-10-15(19(5-2)18-14)11-20-16(12-17)8-6-13(3)7-9-16/h10,13H,4-9,11-12,17H2,1-3H3. The molecular weight excluding hydrogens is 250 g/mol. The summed E-state index contributed by atoms with van der Waals surface area (Å²) in [5, 5.41) is 4.58. The second-order valence-corrected chi connectivity index (χ2v) is 6.15. The zero-order chi connectivity index (χ0) is 14.6. The Morgan fingerprint density at radius 1 is 1.40 bits per heavy atom. The highest BCUT2D eigenvalue weighted by molar-refractivity contribution is 5.10. The molecule has 4 nitrogen and oxygen atoms in total. The van der Waals surface area contributed by atoms with Crippen molar-refractivity contribution < 1.29 is 4.74 Å². The van der Waals surface area contributed by atoms with Gasteiger partial charge in [-0.05, 0) is 51.0 Å². The predicted octanol–water partition coefficient (Wildman–Crippen LogP) is 2.89. The van der Waals surface area contributed by atoms with Crippen molar-refractivity contribution in [3.8, 4) is 0 Å². The molecule has 1 saturated carbocycles. The molecule has 0 radical (unpaired) electrons. The minimum atomic E-state index is -0.109. The van der Waals surface area contributed by atoms with Crippen LogP contribution in [0.25, 0.3) is 0 Å². The van der Waals surface area contributed by atoms with Crippen LogP contribution in [0.3, 0.4) is 0 Å². The summed E-state index contributed by atoms with van der Waals surface area (Å²) in [6.07, 6.45) is 5.60. The topological polar surface area (TPSA) is 53.1 Å². The van der Waals surface area contributed by atoms with Crippen LogP contribution >= 0.6 is 0 Å². The maximum atomic E-state index is 6.27. The molecule has 0 saturated heterocycles. The van der Waals surface area contributed by atoms with Crippen LogP contribution in [0.5, 0.6) is 0 Å². The molecule has 114 valence electrons. The first kappa shape index (κ1) is 15.5. The number of nitrogens with zero attached hydrogens (tertiary/aromatic N) is 2.